The molecule has 0 radical (unpaired) electrons. The molecule has 3 aromatic carbocycles. The van der Waals surface area contributed by atoms with Crippen molar-refractivity contribution in [3.63, 3.8) is 0 Å². The first-order valence-corrected chi connectivity index (χ1v) is 13.8. The van der Waals surface area contributed by atoms with Crippen LogP contribution < -0.4 is 0 Å². The molecule has 4 heteroatoms. The Balaban J connectivity index is 1.34. The molecule has 2 bridgehead atoms. The Hall–Kier alpha value is -2.95. The zero-order chi connectivity index (χ0) is 25.9. The van der Waals surface area contributed by atoms with Gasteiger partial charge in [-0.2, -0.15) is 0 Å². The van der Waals surface area contributed by atoms with Crippen LogP contribution in [0.15, 0.2) is 91.0 Å². The van der Waals surface area contributed by atoms with E-state index in [-0.39, 0.29) is 6.10 Å². The molecule has 2 aliphatic rings. The van der Waals surface area contributed by atoms with Gasteiger partial charge in [0.2, 0.25) is 5.60 Å². The lowest BCUT2D eigenvalue weighted by Crippen LogP contribution is -2.53. The Labute approximate surface area is 221 Å². The number of quaternary nitrogens is 1. The van der Waals surface area contributed by atoms with Gasteiger partial charge in [-0.25, -0.2) is 4.79 Å². The van der Waals surface area contributed by atoms with Gasteiger partial charge in [0.1, 0.15) is 0 Å². The Morgan fingerprint density at radius 3 is 2.00 bits per heavy atom. The molecule has 4 nitrogen and oxygen atoms in total. The maximum absolute atomic E-state index is 13.1. The number of rotatable bonds is 11. The van der Waals surface area contributed by atoms with Crippen molar-refractivity contribution >= 4 is 5.97 Å². The van der Waals surface area contributed by atoms with Crippen LogP contribution in [0.1, 0.15) is 48.8 Å². The summed E-state index contributed by atoms with van der Waals surface area (Å²) in [5.41, 5.74) is 1.28. The third-order valence-corrected chi connectivity index (χ3v) is 8.96. The molecule has 194 valence electrons. The Kier molecular flexibility index (Phi) is 7.50. The van der Waals surface area contributed by atoms with Crippen LogP contribution in [0, 0.1) is 11.8 Å². The number of benzene rings is 3. The molecule has 1 N–H and O–H groups in total. The number of ether oxygens (including phenoxy) is 1. The van der Waals surface area contributed by atoms with Crippen molar-refractivity contribution in [1.29, 1.82) is 0 Å². The highest BCUT2D eigenvalue weighted by Crippen LogP contribution is 2.52. The summed E-state index contributed by atoms with van der Waals surface area (Å²) in [6.07, 6.45) is 6.80. The van der Waals surface area contributed by atoms with Crippen molar-refractivity contribution in [2.24, 2.45) is 11.8 Å². The van der Waals surface area contributed by atoms with Gasteiger partial charge >= 0.3 is 5.97 Å². The van der Waals surface area contributed by atoms with E-state index >= 15 is 0 Å². The molecule has 2 aliphatic carbocycles. The number of carbonyl (C=O) groups is 1. The normalized spacial score (nSPS) is 23.3. The van der Waals surface area contributed by atoms with Gasteiger partial charge in [-0.3, -0.25) is 0 Å². The SMILES string of the molecule is C[N+](C)(CCCCc1ccccc1)[C@H]1CC2CCC1C2OC(C(=O)O)(c1ccccc1)c1ccccc1. The summed E-state index contributed by atoms with van der Waals surface area (Å²) in [7, 11) is 4.73. The van der Waals surface area contributed by atoms with E-state index in [0.29, 0.717) is 29.0 Å². The maximum Gasteiger partial charge on any atom is 0.345 e. The number of aliphatic carboxylic acids is 1. The van der Waals surface area contributed by atoms with Crippen LogP contribution in [-0.4, -0.2) is 48.3 Å². The number of carboxylic acid groups (broad SMARTS) is 1. The number of fused-ring (bicyclic) bond motifs is 2. The van der Waals surface area contributed by atoms with E-state index in [1.807, 2.05) is 60.7 Å². The van der Waals surface area contributed by atoms with Crippen molar-refractivity contribution in [2.75, 3.05) is 20.6 Å². The van der Waals surface area contributed by atoms with Gasteiger partial charge in [-0.15, -0.1) is 0 Å². The molecule has 0 aromatic heterocycles. The third-order valence-electron chi connectivity index (χ3n) is 8.96. The highest BCUT2D eigenvalue weighted by atomic mass is 16.5. The highest BCUT2D eigenvalue weighted by Gasteiger charge is 2.58. The van der Waals surface area contributed by atoms with Crippen LogP contribution in [0.5, 0.6) is 0 Å². The van der Waals surface area contributed by atoms with E-state index < -0.39 is 11.6 Å². The minimum absolute atomic E-state index is 0.0526. The van der Waals surface area contributed by atoms with Crippen molar-refractivity contribution in [3.05, 3.63) is 108 Å². The summed E-state index contributed by atoms with van der Waals surface area (Å²) < 4.78 is 7.90. The number of carboxylic acids is 1. The lowest BCUT2D eigenvalue weighted by atomic mass is 9.85. The fourth-order valence-corrected chi connectivity index (χ4v) is 7.03. The van der Waals surface area contributed by atoms with Crippen LogP contribution in [0.3, 0.4) is 0 Å². The van der Waals surface area contributed by atoms with Gasteiger partial charge in [0.25, 0.3) is 0 Å². The van der Waals surface area contributed by atoms with E-state index in [1.165, 1.54) is 18.4 Å². The first-order chi connectivity index (χ1) is 17.9. The van der Waals surface area contributed by atoms with Gasteiger partial charge in [0.05, 0.1) is 32.8 Å². The zero-order valence-corrected chi connectivity index (χ0v) is 22.1. The van der Waals surface area contributed by atoms with Gasteiger partial charge < -0.3 is 14.3 Å². The van der Waals surface area contributed by atoms with Crippen LogP contribution >= 0.6 is 0 Å². The molecular formula is C33H40NO3+. The number of hydrogen-bond acceptors (Lipinski definition) is 2. The van der Waals surface area contributed by atoms with Gasteiger partial charge in [0, 0.05) is 12.3 Å². The fourth-order valence-electron chi connectivity index (χ4n) is 7.03. The largest absolute Gasteiger partial charge is 0.479 e. The number of aryl methyl sites for hydroxylation is 1. The minimum atomic E-state index is -1.50. The highest BCUT2D eigenvalue weighted by molar-refractivity contribution is 5.84. The lowest BCUT2D eigenvalue weighted by Gasteiger charge is -2.41. The molecule has 37 heavy (non-hydrogen) atoms. The average molecular weight is 499 g/mol. The smallest absolute Gasteiger partial charge is 0.345 e. The summed E-state index contributed by atoms with van der Waals surface area (Å²) >= 11 is 0. The summed E-state index contributed by atoms with van der Waals surface area (Å²) in [4.78, 5) is 13.1. The van der Waals surface area contributed by atoms with E-state index in [2.05, 4.69) is 44.4 Å². The number of nitrogens with zero attached hydrogens (tertiary/aromatic N) is 1. The van der Waals surface area contributed by atoms with Crippen molar-refractivity contribution in [1.82, 2.24) is 0 Å². The molecule has 3 aromatic rings. The van der Waals surface area contributed by atoms with E-state index in [0.717, 1.165) is 36.7 Å². The second-order valence-electron chi connectivity index (χ2n) is 11.6. The maximum atomic E-state index is 13.1. The van der Waals surface area contributed by atoms with Crippen LogP contribution in [0.4, 0.5) is 0 Å². The molecule has 0 aliphatic heterocycles. The minimum Gasteiger partial charge on any atom is -0.479 e. The molecule has 2 saturated carbocycles. The molecule has 0 spiro atoms. The number of hydrogen-bond donors (Lipinski definition) is 1. The van der Waals surface area contributed by atoms with Gasteiger partial charge in [0.15, 0.2) is 0 Å². The second kappa shape index (κ2) is 10.8. The fraction of sp³-hybridized carbons (Fsp3) is 0.424. The van der Waals surface area contributed by atoms with E-state index in [9.17, 15) is 9.90 Å². The topological polar surface area (TPSA) is 46.5 Å². The number of unbranched alkanes of at least 4 members (excludes halogenated alkanes) is 1. The van der Waals surface area contributed by atoms with Crippen molar-refractivity contribution in [2.45, 2.75) is 56.3 Å². The molecule has 3 unspecified atom stereocenters. The lowest BCUT2D eigenvalue weighted by molar-refractivity contribution is -0.918. The van der Waals surface area contributed by atoms with E-state index in [4.69, 9.17) is 4.74 Å². The standard InChI is InChI=1S/C33H39NO3/c1-34(2,23-13-12-16-25-14-6-3-7-15-25)30-24-26-21-22-29(30)31(26)37-33(32(35)36,27-17-8-4-9-18-27)28-19-10-5-11-20-28/h3-11,14-15,17-20,26,29-31H,12-13,16,21-24H2,1-2H3/p+1/t26?,29?,30-,31?/m0/s1. The third kappa shape index (κ3) is 5.10. The van der Waals surface area contributed by atoms with Crippen LogP contribution in [0.2, 0.25) is 0 Å². The second-order valence-corrected chi connectivity index (χ2v) is 11.6. The summed E-state index contributed by atoms with van der Waals surface area (Å²) in [6, 6.07) is 30.3. The summed E-state index contributed by atoms with van der Waals surface area (Å²) in [5, 5.41) is 10.7. The molecule has 4 atom stereocenters. The average Bonchev–Trinajstić information content (AvgIpc) is 3.48. The summed E-state index contributed by atoms with van der Waals surface area (Å²) in [6.45, 7) is 1.13. The molecule has 0 amide bonds. The Morgan fingerprint density at radius 2 is 1.43 bits per heavy atom. The van der Waals surface area contributed by atoms with E-state index in [1.54, 1.807) is 0 Å². The predicted molar refractivity (Wildman–Crippen MR) is 147 cm³/mol. The Bertz CT molecular complexity index is 1120. The van der Waals surface area contributed by atoms with Crippen LogP contribution in [-0.2, 0) is 21.6 Å². The molecular weight excluding hydrogens is 458 g/mol. The molecule has 0 heterocycles. The van der Waals surface area contributed by atoms with Crippen LogP contribution in [0.25, 0.3) is 0 Å². The van der Waals surface area contributed by atoms with Gasteiger partial charge in [-0.1, -0.05) is 91.0 Å². The first kappa shape index (κ1) is 25.7. The molecule has 2 fully saturated rings. The molecule has 0 saturated heterocycles. The summed E-state index contributed by atoms with van der Waals surface area (Å²) in [5.74, 6) is -0.162. The first-order valence-electron chi connectivity index (χ1n) is 13.8. The van der Waals surface area contributed by atoms with Gasteiger partial charge in [-0.05, 0) is 54.7 Å². The monoisotopic (exact) mass is 498 g/mol. The Morgan fingerprint density at radius 1 is 0.865 bits per heavy atom. The predicted octanol–water partition coefficient (Wildman–Crippen LogP) is 6.30. The molecule has 5 rings (SSSR count). The van der Waals surface area contributed by atoms with Crippen molar-refractivity contribution in [3.8, 4) is 0 Å². The quantitative estimate of drug-likeness (QED) is 0.249. The van der Waals surface area contributed by atoms with Crippen molar-refractivity contribution < 1.29 is 19.1 Å². The zero-order valence-electron chi connectivity index (χ0n) is 22.1.